The van der Waals surface area contributed by atoms with Crippen molar-refractivity contribution in [2.45, 2.75) is 0 Å². The van der Waals surface area contributed by atoms with Crippen molar-refractivity contribution in [3.8, 4) is 0 Å². The number of aliphatic hydroxyl groups is 1. The molecule has 130 valence electrons. The van der Waals surface area contributed by atoms with Crippen LogP contribution in [0, 0.1) is 30.3 Å². The van der Waals surface area contributed by atoms with Crippen LogP contribution in [0.25, 0.3) is 0 Å². The van der Waals surface area contributed by atoms with Crippen LogP contribution in [0.5, 0.6) is 0 Å². The van der Waals surface area contributed by atoms with E-state index >= 15 is 0 Å². The summed E-state index contributed by atoms with van der Waals surface area (Å²) in [7, 11) is 0. The second-order valence-electron chi connectivity index (χ2n) is 4.81. The lowest BCUT2D eigenvalue weighted by molar-refractivity contribution is -0.402. The number of nitro benzene ring substituents is 3. The number of benzene rings is 2. The van der Waals surface area contributed by atoms with E-state index < -0.39 is 44.1 Å². The number of aliphatic hydroxyl groups excluding tert-OH is 1. The highest BCUT2D eigenvalue weighted by Gasteiger charge is 2.34. The lowest BCUT2D eigenvalue weighted by Crippen LogP contribution is -2.23. The molecule has 2 aromatic rings. The fourth-order valence-electron chi connectivity index (χ4n) is 2.33. The van der Waals surface area contributed by atoms with Gasteiger partial charge in [0.2, 0.25) is 0 Å². The number of hydrogen-bond donors (Lipinski definition) is 1. The molecule has 0 saturated heterocycles. The quantitative estimate of drug-likeness (QED) is 0.591. The van der Waals surface area contributed by atoms with Crippen molar-refractivity contribution in [2.24, 2.45) is 0 Å². The Labute approximate surface area is 140 Å². The normalized spacial score (nSPS) is 10.3. The maximum atomic E-state index is 11.4. The summed E-state index contributed by atoms with van der Waals surface area (Å²) < 4.78 is 0. The summed E-state index contributed by atoms with van der Waals surface area (Å²) in [6.07, 6.45) is 0. The van der Waals surface area contributed by atoms with Gasteiger partial charge in [0.25, 0.3) is 5.69 Å². The predicted molar refractivity (Wildman–Crippen MR) is 86.9 cm³/mol. The van der Waals surface area contributed by atoms with Crippen LogP contribution in [0.2, 0.25) is 0 Å². The van der Waals surface area contributed by atoms with Gasteiger partial charge in [-0.25, -0.2) is 0 Å². The Bertz CT molecular complexity index is 790. The van der Waals surface area contributed by atoms with Crippen molar-refractivity contribution in [3.63, 3.8) is 0 Å². The van der Waals surface area contributed by atoms with Crippen molar-refractivity contribution in [1.82, 2.24) is 0 Å². The van der Waals surface area contributed by atoms with E-state index in [2.05, 4.69) is 0 Å². The van der Waals surface area contributed by atoms with Crippen LogP contribution >= 0.6 is 0 Å². The van der Waals surface area contributed by atoms with Gasteiger partial charge in [-0.05, 0) is 12.1 Å². The topological polar surface area (TPSA) is 153 Å². The van der Waals surface area contributed by atoms with Crippen molar-refractivity contribution >= 4 is 28.4 Å². The van der Waals surface area contributed by atoms with E-state index in [1.165, 1.54) is 4.90 Å². The zero-order valence-electron chi connectivity index (χ0n) is 12.6. The van der Waals surface area contributed by atoms with Gasteiger partial charge in [0.1, 0.15) is 0 Å². The molecule has 2 rings (SSSR count). The average Bonchev–Trinajstić information content (AvgIpc) is 2.59. The van der Waals surface area contributed by atoms with Crippen LogP contribution in [0.3, 0.4) is 0 Å². The number of hydrogen-bond acceptors (Lipinski definition) is 8. The molecule has 0 heterocycles. The van der Waals surface area contributed by atoms with Crippen molar-refractivity contribution in [3.05, 3.63) is 72.8 Å². The van der Waals surface area contributed by atoms with Gasteiger partial charge in [-0.15, -0.1) is 0 Å². The minimum Gasteiger partial charge on any atom is -0.395 e. The van der Waals surface area contributed by atoms with E-state index in [-0.39, 0.29) is 6.54 Å². The van der Waals surface area contributed by atoms with E-state index in [0.717, 1.165) is 0 Å². The molecular formula is C14H12N4O7. The molecule has 0 aliphatic rings. The number of anilines is 2. The van der Waals surface area contributed by atoms with E-state index in [0.29, 0.717) is 17.8 Å². The summed E-state index contributed by atoms with van der Waals surface area (Å²) in [5.74, 6) is 0. The monoisotopic (exact) mass is 348 g/mol. The van der Waals surface area contributed by atoms with E-state index in [9.17, 15) is 35.4 Å². The van der Waals surface area contributed by atoms with E-state index in [4.69, 9.17) is 0 Å². The van der Waals surface area contributed by atoms with Crippen LogP contribution in [-0.4, -0.2) is 33.0 Å². The van der Waals surface area contributed by atoms with Gasteiger partial charge in [0, 0.05) is 12.2 Å². The molecule has 0 bridgehead atoms. The number of non-ortho nitro benzene ring substituents is 1. The van der Waals surface area contributed by atoms with Crippen LogP contribution in [-0.2, 0) is 0 Å². The fourth-order valence-corrected chi connectivity index (χ4v) is 2.33. The Balaban J connectivity index is 2.81. The van der Waals surface area contributed by atoms with Crippen LogP contribution in [0.4, 0.5) is 28.4 Å². The van der Waals surface area contributed by atoms with Gasteiger partial charge in [0.15, 0.2) is 5.69 Å². The summed E-state index contributed by atoms with van der Waals surface area (Å²) in [4.78, 5) is 32.1. The molecule has 0 aromatic heterocycles. The molecule has 0 atom stereocenters. The number of nitro groups is 3. The highest BCUT2D eigenvalue weighted by Crippen LogP contribution is 2.43. The molecule has 11 nitrogen and oxygen atoms in total. The Kier molecular flexibility index (Phi) is 5.19. The zero-order chi connectivity index (χ0) is 18.6. The number of nitrogens with zero attached hydrogens (tertiary/aromatic N) is 4. The smallest absolute Gasteiger partial charge is 0.306 e. The Morgan fingerprint density at radius 1 is 0.880 bits per heavy atom. The molecule has 0 amide bonds. The summed E-state index contributed by atoms with van der Waals surface area (Å²) in [6, 6.07) is 9.32. The standard InChI is InChI=1S/C14H12N4O7/c19-7-6-15(10-4-2-1-3-5-10)14-12(17(22)23)8-11(16(20)21)9-13(14)18(24)25/h1-5,8-9,19H,6-7H2. The Morgan fingerprint density at radius 3 is 1.80 bits per heavy atom. The molecule has 0 spiro atoms. The lowest BCUT2D eigenvalue weighted by Gasteiger charge is -2.23. The molecule has 0 radical (unpaired) electrons. The number of para-hydroxylation sites is 1. The van der Waals surface area contributed by atoms with Gasteiger partial charge in [-0.3, -0.25) is 30.3 Å². The second-order valence-corrected chi connectivity index (χ2v) is 4.81. The first-order valence-electron chi connectivity index (χ1n) is 6.91. The molecule has 0 aliphatic heterocycles. The van der Waals surface area contributed by atoms with E-state index in [1.54, 1.807) is 30.3 Å². The lowest BCUT2D eigenvalue weighted by atomic mass is 10.1. The Morgan fingerprint density at radius 2 is 1.40 bits per heavy atom. The minimum atomic E-state index is -0.942. The summed E-state index contributed by atoms with van der Waals surface area (Å²) in [5.41, 5.74) is -2.42. The van der Waals surface area contributed by atoms with Crippen molar-refractivity contribution in [2.75, 3.05) is 18.1 Å². The first-order valence-corrected chi connectivity index (χ1v) is 6.91. The van der Waals surface area contributed by atoms with Gasteiger partial charge in [-0.2, -0.15) is 0 Å². The van der Waals surface area contributed by atoms with Gasteiger partial charge < -0.3 is 10.0 Å². The zero-order valence-corrected chi connectivity index (χ0v) is 12.6. The summed E-state index contributed by atoms with van der Waals surface area (Å²) in [5, 5.41) is 43.0. The molecule has 0 fully saturated rings. The van der Waals surface area contributed by atoms with Gasteiger partial charge in [-0.1, -0.05) is 18.2 Å². The third-order valence-corrected chi connectivity index (χ3v) is 3.32. The maximum Gasteiger partial charge on any atom is 0.306 e. The molecule has 0 saturated carbocycles. The first-order chi connectivity index (χ1) is 11.9. The highest BCUT2D eigenvalue weighted by molar-refractivity contribution is 5.83. The SMILES string of the molecule is O=[N+]([O-])c1cc([N+](=O)[O-])c(N(CCO)c2ccccc2)c([N+](=O)[O-])c1. The largest absolute Gasteiger partial charge is 0.395 e. The maximum absolute atomic E-state index is 11.4. The molecule has 0 unspecified atom stereocenters. The molecular weight excluding hydrogens is 336 g/mol. The van der Waals surface area contributed by atoms with Gasteiger partial charge >= 0.3 is 11.4 Å². The van der Waals surface area contributed by atoms with Crippen molar-refractivity contribution in [1.29, 1.82) is 0 Å². The first kappa shape index (κ1) is 17.7. The summed E-state index contributed by atoms with van der Waals surface area (Å²) >= 11 is 0. The highest BCUT2D eigenvalue weighted by atomic mass is 16.6. The van der Waals surface area contributed by atoms with Gasteiger partial charge in [0.05, 0.1) is 33.5 Å². The van der Waals surface area contributed by atoms with Crippen LogP contribution < -0.4 is 4.90 Å². The van der Waals surface area contributed by atoms with E-state index in [1.807, 2.05) is 0 Å². The van der Waals surface area contributed by atoms with Crippen LogP contribution in [0.1, 0.15) is 0 Å². The predicted octanol–water partition coefficient (Wildman–Crippen LogP) is 2.54. The van der Waals surface area contributed by atoms with Crippen molar-refractivity contribution < 1.29 is 19.9 Å². The molecule has 25 heavy (non-hydrogen) atoms. The molecule has 1 N–H and O–H groups in total. The van der Waals surface area contributed by atoms with Crippen LogP contribution in [0.15, 0.2) is 42.5 Å². The minimum absolute atomic E-state index is 0.177. The fraction of sp³-hybridized carbons (Fsp3) is 0.143. The average molecular weight is 348 g/mol. The third-order valence-electron chi connectivity index (χ3n) is 3.32. The molecule has 0 aliphatic carbocycles. The second kappa shape index (κ2) is 7.31. The molecule has 2 aromatic carbocycles. The number of rotatable bonds is 7. The summed E-state index contributed by atoms with van der Waals surface area (Å²) in [6.45, 7) is -0.621. The molecule has 11 heteroatoms. The third kappa shape index (κ3) is 3.67. The Hall–Kier alpha value is -3.60.